The molecule has 0 aromatic rings. The number of hydrogen-bond acceptors (Lipinski definition) is 4. The maximum Gasteiger partial charge on any atom is 0.230 e. The third kappa shape index (κ3) is 2.75. The molecule has 2 aliphatic rings. The Balaban J connectivity index is 1.90. The molecule has 98 valence electrons. The van der Waals surface area contributed by atoms with Crippen molar-refractivity contribution in [3.05, 3.63) is 23.6 Å². The van der Waals surface area contributed by atoms with Crippen LogP contribution in [0.15, 0.2) is 23.6 Å². The van der Waals surface area contributed by atoms with Crippen molar-refractivity contribution in [3.63, 3.8) is 0 Å². The van der Waals surface area contributed by atoms with E-state index in [1.165, 1.54) is 0 Å². The highest BCUT2D eigenvalue weighted by Crippen LogP contribution is 2.32. The van der Waals surface area contributed by atoms with Crippen LogP contribution < -0.4 is 5.32 Å². The molecule has 5 nitrogen and oxygen atoms in total. The Morgan fingerprint density at radius 2 is 2.44 bits per heavy atom. The first-order valence-corrected chi connectivity index (χ1v) is 6.91. The van der Waals surface area contributed by atoms with E-state index >= 15 is 0 Å². The minimum absolute atomic E-state index is 0.0401. The van der Waals surface area contributed by atoms with Gasteiger partial charge in [-0.3, -0.25) is 9.59 Å². The van der Waals surface area contributed by atoms with Crippen LogP contribution in [0.25, 0.3) is 0 Å². The van der Waals surface area contributed by atoms with Gasteiger partial charge in [0.2, 0.25) is 5.91 Å². The number of hydrogen-bond donors (Lipinski definition) is 1. The smallest absolute Gasteiger partial charge is 0.230 e. The molecule has 1 heterocycles. The Kier molecular flexibility index (Phi) is 4.06. The summed E-state index contributed by atoms with van der Waals surface area (Å²) in [4.78, 5) is 24.4. The summed E-state index contributed by atoms with van der Waals surface area (Å²) in [5.41, 5.74) is 0.964. The normalized spacial score (nSPS) is 22.0. The minimum atomic E-state index is -0.121. The standard InChI is InChI=1S/C12H15BrN2O3/c1-15-9-3-2-8(16)6-10(9)18-12(15)4-5-14-11(17)7-13/h3,6,12H,2,4-5,7H2,1H3,(H,14,17). The number of carbonyl (C=O) groups excluding carboxylic acids is 2. The van der Waals surface area contributed by atoms with Crippen molar-refractivity contribution in [1.82, 2.24) is 10.2 Å². The summed E-state index contributed by atoms with van der Waals surface area (Å²) < 4.78 is 5.70. The summed E-state index contributed by atoms with van der Waals surface area (Å²) in [5.74, 6) is 0.669. The molecular weight excluding hydrogens is 300 g/mol. The molecule has 1 saturated heterocycles. The molecule has 1 aliphatic heterocycles. The SMILES string of the molecule is CN1C2=CCC(=O)C=C2OC1CCNC(=O)CBr. The van der Waals surface area contributed by atoms with E-state index < -0.39 is 0 Å². The van der Waals surface area contributed by atoms with Crippen LogP contribution in [0.5, 0.6) is 0 Å². The van der Waals surface area contributed by atoms with E-state index in [1.54, 1.807) is 6.08 Å². The van der Waals surface area contributed by atoms with Crippen molar-refractivity contribution < 1.29 is 14.3 Å². The fourth-order valence-corrected chi connectivity index (χ4v) is 2.20. The highest BCUT2D eigenvalue weighted by Gasteiger charge is 2.32. The zero-order valence-corrected chi connectivity index (χ0v) is 11.7. The van der Waals surface area contributed by atoms with Crippen molar-refractivity contribution in [3.8, 4) is 0 Å². The van der Waals surface area contributed by atoms with Crippen molar-refractivity contribution in [2.45, 2.75) is 19.1 Å². The lowest BCUT2D eigenvalue weighted by Gasteiger charge is -2.19. The third-order valence-corrected chi connectivity index (χ3v) is 3.46. The van der Waals surface area contributed by atoms with E-state index in [1.807, 2.05) is 18.0 Å². The number of carbonyl (C=O) groups is 2. The Morgan fingerprint density at radius 3 is 3.17 bits per heavy atom. The number of allylic oxidation sites excluding steroid dienone is 2. The lowest BCUT2D eigenvalue weighted by atomic mass is 10.1. The predicted octanol–water partition coefficient (Wildman–Crippen LogP) is 0.916. The van der Waals surface area contributed by atoms with Crippen molar-refractivity contribution in [2.75, 3.05) is 18.9 Å². The zero-order chi connectivity index (χ0) is 13.1. The summed E-state index contributed by atoms with van der Waals surface area (Å²) in [6.07, 6.45) is 4.42. The third-order valence-electron chi connectivity index (χ3n) is 2.95. The second-order valence-corrected chi connectivity index (χ2v) is 4.78. The van der Waals surface area contributed by atoms with Crippen LogP contribution in [0.1, 0.15) is 12.8 Å². The molecule has 1 fully saturated rings. The van der Waals surface area contributed by atoms with E-state index in [-0.39, 0.29) is 17.9 Å². The van der Waals surface area contributed by atoms with Gasteiger partial charge in [-0.2, -0.15) is 0 Å². The van der Waals surface area contributed by atoms with Gasteiger partial charge in [0.25, 0.3) is 0 Å². The Hall–Kier alpha value is -1.30. The summed E-state index contributed by atoms with van der Waals surface area (Å²) in [5, 5.41) is 3.08. The first kappa shape index (κ1) is 13.1. The molecule has 18 heavy (non-hydrogen) atoms. The van der Waals surface area contributed by atoms with Gasteiger partial charge >= 0.3 is 0 Å². The molecule has 0 radical (unpaired) electrons. The molecule has 2 rings (SSSR count). The van der Waals surface area contributed by atoms with E-state index in [0.29, 0.717) is 30.5 Å². The van der Waals surface area contributed by atoms with Crippen LogP contribution in [0.3, 0.4) is 0 Å². The first-order chi connectivity index (χ1) is 8.61. The fourth-order valence-electron chi connectivity index (χ4n) is 2.00. The van der Waals surface area contributed by atoms with Crippen LogP contribution in [0, 0.1) is 0 Å². The van der Waals surface area contributed by atoms with Crippen LogP contribution >= 0.6 is 15.9 Å². The molecule has 1 N–H and O–H groups in total. The summed E-state index contributed by atoms with van der Waals surface area (Å²) in [6, 6.07) is 0. The van der Waals surface area contributed by atoms with Crippen LogP contribution in [-0.4, -0.2) is 41.7 Å². The van der Waals surface area contributed by atoms with Gasteiger partial charge in [0, 0.05) is 32.5 Å². The summed E-state index contributed by atoms with van der Waals surface area (Å²) in [6.45, 7) is 0.550. The van der Waals surface area contributed by atoms with Gasteiger partial charge in [-0.15, -0.1) is 0 Å². The summed E-state index contributed by atoms with van der Waals surface area (Å²) in [7, 11) is 1.93. The molecule has 6 heteroatoms. The Bertz CT molecular complexity index is 431. The molecule has 0 spiro atoms. The van der Waals surface area contributed by atoms with Gasteiger partial charge < -0.3 is 15.0 Å². The Labute approximate surface area is 114 Å². The average Bonchev–Trinajstić information content (AvgIpc) is 2.65. The molecule has 1 aliphatic carbocycles. The van der Waals surface area contributed by atoms with Crippen molar-refractivity contribution in [1.29, 1.82) is 0 Å². The topological polar surface area (TPSA) is 58.6 Å². The number of fused-ring (bicyclic) bond motifs is 1. The maximum absolute atomic E-state index is 11.3. The number of nitrogens with one attached hydrogen (secondary N) is 1. The molecule has 0 aromatic carbocycles. The molecule has 0 bridgehead atoms. The van der Waals surface area contributed by atoms with Gasteiger partial charge in [-0.05, 0) is 6.08 Å². The molecular formula is C12H15BrN2O3. The molecule has 1 atom stereocenters. The van der Waals surface area contributed by atoms with Gasteiger partial charge in [-0.25, -0.2) is 0 Å². The molecule has 0 aromatic heterocycles. The fraction of sp³-hybridized carbons (Fsp3) is 0.500. The maximum atomic E-state index is 11.3. The number of rotatable bonds is 4. The first-order valence-electron chi connectivity index (χ1n) is 5.79. The largest absolute Gasteiger partial charge is 0.468 e. The average molecular weight is 315 g/mol. The van der Waals surface area contributed by atoms with Crippen molar-refractivity contribution in [2.24, 2.45) is 0 Å². The number of nitrogens with zero attached hydrogens (tertiary/aromatic N) is 1. The van der Waals surface area contributed by atoms with Gasteiger partial charge in [0.05, 0.1) is 11.0 Å². The predicted molar refractivity (Wildman–Crippen MR) is 69.8 cm³/mol. The lowest BCUT2D eigenvalue weighted by molar-refractivity contribution is -0.118. The van der Waals surface area contributed by atoms with E-state index in [0.717, 1.165) is 5.70 Å². The highest BCUT2D eigenvalue weighted by atomic mass is 79.9. The number of ether oxygens (including phenoxy) is 1. The van der Waals surface area contributed by atoms with Gasteiger partial charge in [0.1, 0.15) is 5.76 Å². The number of alkyl halides is 1. The minimum Gasteiger partial charge on any atom is -0.468 e. The number of likely N-dealkylation sites (N-methyl/N-ethyl adjacent to an activating group) is 1. The monoisotopic (exact) mass is 314 g/mol. The number of amides is 1. The second-order valence-electron chi connectivity index (χ2n) is 4.22. The highest BCUT2D eigenvalue weighted by molar-refractivity contribution is 9.09. The van der Waals surface area contributed by atoms with E-state index in [9.17, 15) is 9.59 Å². The number of ketones is 1. The molecule has 0 saturated carbocycles. The van der Waals surface area contributed by atoms with Gasteiger partial charge in [-0.1, -0.05) is 15.9 Å². The Morgan fingerprint density at radius 1 is 1.67 bits per heavy atom. The molecule has 1 amide bonds. The van der Waals surface area contributed by atoms with Gasteiger partial charge in [0.15, 0.2) is 12.0 Å². The van der Waals surface area contributed by atoms with Crippen LogP contribution in [0.4, 0.5) is 0 Å². The molecule has 1 unspecified atom stereocenters. The van der Waals surface area contributed by atoms with Crippen LogP contribution in [0.2, 0.25) is 0 Å². The second kappa shape index (κ2) is 5.56. The summed E-state index contributed by atoms with van der Waals surface area (Å²) >= 11 is 3.09. The zero-order valence-electron chi connectivity index (χ0n) is 10.1. The lowest BCUT2D eigenvalue weighted by Crippen LogP contribution is -2.32. The van der Waals surface area contributed by atoms with Crippen molar-refractivity contribution >= 4 is 27.6 Å². The quantitative estimate of drug-likeness (QED) is 0.784. The van der Waals surface area contributed by atoms with E-state index in [2.05, 4.69) is 21.2 Å². The number of halogens is 1. The van der Waals surface area contributed by atoms with E-state index in [4.69, 9.17) is 4.74 Å². The van der Waals surface area contributed by atoms with Crippen LogP contribution in [-0.2, 0) is 14.3 Å².